The van der Waals surface area contributed by atoms with Crippen LogP contribution in [0.1, 0.15) is 71.1 Å². The van der Waals surface area contributed by atoms with Crippen molar-refractivity contribution in [1.82, 2.24) is 0 Å². The maximum atomic E-state index is 11.6. The van der Waals surface area contributed by atoms with Crippen molar-refractivity contribution in [2.45, 2.75) is 71.1 Å². The van der Waals surface area contributed by atoms with E-state index in [9.17, 15) is 9.90 Å². The minimum absolute atomic E-state index is 0. The van der Waals surface area contributed by atoms with Crippen molar-refractivity contribution in [3.05, 3.63) is 36.1 Å². The van der Waals surface area contributed by atoms with E-state index in [1.54, 1.807) is 6.08 Å². The van der Waals surface area contributed by atoms with E-state index in [2.05, 4.69) is 25.2 Å². The van der Waals surface area contributed by atoms with E-state index in [4.69, 9.17) is 5.11 Å². The first-order chi connectivity index (χ1) is 10.2. The zero-order chi connectivity index (χ0) is 15.8. The predicted molar refractivity (Wildman–Crippen MR) is 85.8 cm³/mol. The fourth-order valence-electron chi connectivity index (χ4n) is 1.94. The predicted octanol–water partition coefficient (Wildman–Crippen LogP) is 1.35. The molecule has 0 saturated heterocycles. The molecule has 0 bridgehead atoms. The molecular formula is C18H29KO3. The van der Waals surface area contributed by atoms with Gasteiger partial charge in [-0.2, -0.15) is 0 Å². The summed E-state index contributed by atoms with van der Waals surface area (Å²) in [6.45, 7) is 2.11. The third-order valence-electron chi connectivity index (χ3n) is 3.14. The number of rotatable bonds is 13. The van der Waals surface area contributed by atoms with Gasteiger partial charge in [-0.15, -0.1) is 5.76 Å². The number of allylic oxidation sites excluding steroid dienone is 6. The molecule has 0 atom stereocenters. The number of aliphatic carboxylic acids is 1. The van der Waals surface area contributed by atoms with Gasteiger partial charge in [-0.3, -0.25) is 4.79 Å². The number of carboxylic acids is 1. The molecule has 120 valence electrons. The molecule has 0 spiro atoms. The van der Waals surface area contributed by atoms with Crippen molar-refractivity contribution in [3.8, 4) is 0 Å². The Morgan fingerprint density at radius 1 is 0.909 bits per heavy atom. The Balaban J connectivity index is 0. The van der Waals surface area contributed by atoms with Crippen molar-refractivity contribution >= 4 is 5.97 Å². The molecule has 0 unspecified atom stereocenters. The molecular weight excluding hydrogens is 303 g/mol. The van der Waals surface area contributed by atoms with E-state index in [-0.39, 0.29) is 63.6 Å². The smallest absolute Gasteiger partial charge is 0.876 e. The summed E-state index contributed by atoms with van der Waals surface area (Å²) in [7, 11) is 0. The standard InChI is InChI=1S/C18H30O3.K/c1-2-3-4-5-6-8-11-14-17(19)15-12-9-7-10-13-16-18(20)21;/h3-4,6,8,14,19H,2,5,7,9-13,15-16H2,1H3,(H,20,21);/q;+1/p-1/b4-3-,8-6-,17-14+;. The maximum Gasteiger partial charge on any atom is 1.00 e. The number of hydrogen-bond donors (Lipinski definition) is 1. The van der Waals surface area contributed by atoms with Gasteiger partial charge in [-0.05, 0) is 32.1 Å². The van der Waals surface area contributed by atoms with Crippen LogP contribution in [-0.4, -0.2) is 11.1 Å². The van der Waals surface area contributed by atoms with Crippen LogP contribution in [0, 0.1) is 0 Å². The fraction of sp³-hybridized carbons (Fsp3) is 0.611. The second-order valence-corrected chi connectivity index (χ2v) is 5.15. The summed E-state index contributed by atoms with van der Waals surface area (Å²) in [4.78, 5) is 10.3. The van der Waals surface area contributed by atoms with Crippen molar-refractivity contribution in [2.75, 3.05) is 0 Å². The Morgan fingerprint density at radius 2 is 1.45 bits per heavy atom. The molecule has 0 aliphatic heterocycles. The van der Waals surface area contributed by atoms with Crippen LogP contribution in [-0.2, 0) is 4.79 Å². The molecule has 22 heavy (non-hydrogen) atoms. The van der Waals surface area contributed by atoms with E-state index in [0.29, 0.717) is 6.42 Å². The van der Waals surface area contributed by atoms with Gasteiger partial charge in [0, 0.05) is 6.42 Å². The van der Waals surface area contributed by atoms with E-state index in [1.807, 2.05) is 6.08 Å². The largest absolute Gasteiger partial charge is 1.00 e. The Labute approximate surface area is 178 Å². The van der Waals surface area contributed by atoms with Crippen LogP contribution in [0.5, 0.6) is 0 Å². The van der Waals surface area contributed by atoms with E-state index in [1.165, 1.54) is 0 Å². The Kier molecular flexibility index (Phi) is 21.2. The Bertz CT molecular complexity index is 346. The van der Waals surface area contributed by atoms with E-state index in [0.717, 1.165) is 51.4 Å². The number of carbonyl (C=O) groups is 1. The van der Waals surface area contributed by atoms with Gasteiger partial charge in [0.25, 0.3) is 0 Å². The van der Waals surface area contributed by atoms with Crippen LogP contribution in [0.3, 0.4) is 0 Å². The molecule has 0 aromatic heterocycles. The molecule has 0 fully saturated rings. The molecule has 0 aromatic carbocycles. The summed E-state index contributed by atoms with van der Waals surface area (Å²) in [6, 6.07) is 0. The van der Waals surface area contributed by atoms with E-state index >= 15 is 0 Å². The van der Waals surface area contributed by atoms with Crippen LogP contribution < -0.4 is 56.5 Å². The molecule has 0 rings (SSSR count). The summed E-state index contributed by atoms with van der Waals surface area (Å²) in [5.41, 5.74) is 0. The van der Waals surface area contributed by atoms with Crippen molar-refractivity contribution < 1.29 is 66.4 Å². The maximum absolute atomic E-state index is 11.6. The molecule has 0 aliphatic carbocycles. The average molecular weight is 333 g/mol. The van der Waals surface area contributed by atoms with Gasteiger partial charge in [0.15, 0.2) is 0 Å². The molecule has 3 nitrogen and oxygen atoms in total. The van der Waals surface area contributed by atoms with Crippen molar-refractivity contribution in [3.63, 3.8) is 0 Å². The summed E-state index contributed by atoms with van der Waals surface area (Å²) >= 11 is 0. The summed E-state index contributed by atoms with van der Waals surface area (Å²) in [5.74, 6) is -0.507. The molecule has 0 aliphatic rings. The van der Waals surface area contributed by atoms with Crippen molar-refractivity contribution in [1.29, 1.82) is 0 Å². The zero-order valence-electron chi connectivity index (χ0n) is 14.2. The fourth-order valence-corrected chi connectivity index (χ4v) is 1.94. The molecule has 0 amide bonds. The summed E-state index contributed by atoms with van der Waals surface area (Å²) in [6.07, 6.45) is 18.3. The number of unbranched alkanes of at least 4 members (excludes halogenated alkanes) is 4. The van der Waals surface area contributed by atoms with E-state index < -0.39 is 5.97 Å². The topological polar surface area (TPSA) is 60.4 Å². The van der Waals surface area contributed by atoms with Gasteiger partial charge >= 0.3 is 57.4 Å². The van der Waals surface area contributed by atoms with Gasteiger partial charge < -0.3 is 10.2 Å². The third kappa shape index (κ3) is 20.1. The quantitative estimate of drug-likeness (QED) is 0.240. The Morgan fingerprint density at radius 3 is 2.09 bits per heavy atom. The average Bonchev–Trinajstić information content (AvgIpc) is 2.45. The van der Waals surface area contributed by atoms with Gasteiger partial charge in [0.2, 0.25) is 0 Å². The van der Waals surface area contributed by atoms with Gasteiger partial charge in [-0.25, -0.2) is 0 Å². The SMILES string of the molecule is CC/C=C\C/C=C\C/C=C(/[O-])CCCCCCCC(=O)O.[K+]. The van der Waals surface area contributed by atoms with Gasteiger partial charge in [-0.1, -0.05) is 63.0 Å². The third-order valence-corrected chi connectivity index (χ3v) is 3.14. The van der Waals surface area contributed by atoms with Gasteiger partial charge in [0.05, 0.1) is 0 Å². The first-order valence-electron chi connectivity index (χ1n) is 8.04. The monoisotopic (exact) mass is 332 g/mol. The summed E-state index contributed by atoms with van der Waals surface area (Å²) < 4.78 is 0. The number of carboxylic acid groups (broad SMARTS) is 1. The van der Waals surface area contributed by atoms with Crippen molar-refractivity contribution in [2.24, 2.45) is 0 Å². The van der Waals surface area contributed by atoms with Crippen LogP contribution in [0.15, 0.2) is 36.1 Å². The van der Waals surface area contributed by atoms with Crippen LogP contribution in [0.2, 0.25) is 0 Å². The molecule has 4 heteroatoms. The molecule has 0 saturated carbocycles. The summed E-state index contributed by atoms with van der Waals surface area (Å²) in [5, 5.41) is 20.1. The zero-order valence-corrected chi connectivity index (χ0v) is 17.3. The molecule has 1 N–H and O–H groups in total. The molecule has 0 aromatic rings. The number of hydrogen-bond acceptors (Lipinski definition) is 2. The normalized spacial score (nSPS) is 12.0. The molecule has 0 heterocycles. The van der Waals surface area contributed by atoms with Gasteiger partial charge in [0.1, 0.15) is 0 Å². The first-order valence-corrected chi connectivity index (χ1v) is 8.04. The minimum Gasteiger partial charge on any atom is -0.876 e. The van der Waals surface area contributed by atoms with Crippen LogP contribution in [0.25, 0.3) is 0 Å². The second-order valence-electron chi connectivity index (χ2n) is 5.15. The Hall–Kier alpha value is 0.126. The van der Waals surface area contributed by atoms with Crippen LogP contribution in [0.4, 0.5) is 0 Å². The van der Waals surface area contributed by atoms with Crippen LogP contribution >= 0.6 is 0 Å². The second kappa shape index (κ2) is 19.2. The minimum atomic E-state index is -0.724. The first kappa shape index (κ1) is 24.4. The molecule has 0 radical (unpaired) electrons.